The van der Waals surface area contributed by atoms with Gasteiger partial charge in [-0.25, -0.2) is 0 Å². The number of amides is 1. The summed E-state index contributed by atoms with van der Waals surface area (Å²) in [6, 6.07) is 14.8. The predicted molar refractivity (Wildman–Crippen MR) is 76.3 cm³/mol. The van der Waals surface area contributed by atoms with Crippen LogP contribution < -0.4 is 5.32 Å². The monoisotopic (exact) mass is 264 g/mol. The first kappa shape index (κ1) is 12.2. The first-order chi connectivity index (χ1) is 9.83. The second-order valence-electron chi connectivity index (χ2n) is 4.25. The van der Waals surface area contributed by atoms with Crippen molar-refractivity contribution >= 4 is 11.6 Å². The minimum atomic E-state index is -0.260. The molecule has 4 heteroatoms. The Bertz CT molecular complexity index is 689. The van der Waals surface area contributed by atoms with Crippen molar-refractivity contribution in [2.45, 2.75) is 0 Å². The third kappa shape index (κ3) is 2.59. The minimum Gasteiger partial charge on any atom is -0.459 e. The van der Waals surface area contributed by atoms with Gasteiger partial charge in [0.25, 0.3) is 5.91 Å². The van der Waals surface area contributed by atoms with Crippen molar-refractivity contribution in [3.05, 3.63) is 72.9 Å². The molecule has 0 bridgehead atoms. The molecule has 20 heavy (non-hydrogen) atoms. The number of anilines is 1. The standard InChI is InChI=1S/C16H12N2O2/c19-16(15-4-2-10-20-15)18-14-7-5-12(6-8-14)13-3-1-9-17-11-13/h1-11H,(H,18,19). The summed E-state index contributed by atoms with van der Waals surface area (Å²) in [7, 11) is 0. The first-order valence-corrected chi connectivity index (χ1v) is 6.18. The number of nitrogens with one attached hydrogen (secondary N) is 1. The molecule has 3 rings (SSSR count). The van der Waals surface area contributed by atoms with E-state index in [1.165, 1.54) is 6.26 Å². The van der Waals surface area contributed by atoms with Crippen LogP contribution in [0.25, 0.3) is 11.1 Å². The highest BCUT2D eigenvalue weighted by molar-refractivity contribution is 6.02. The van der Waals surface area contributed by atoms with Crippen molar-refractivity contribution in [2.24, 2.45) is 0 Å². The Kier molecular flexibility index (Phi) is 3.29. The van der Waals surface area contributed by atoms with Crippen LogP contribution in [0, 0.1) is 0 Å². The molecule has 0 saturated carbocycles. The van der Waals surface area contributed by atoms with Crippen LogP contribution in [-0.4, -0.2) is 10.9 Å². The van der Waals surface area contributed by atoms with Crippen LogP contribution in [-0.2, 0) is 0 Å². The quantitative estimate of drug-likeness (QED) is 0.786. The second kappa shape index (κ2) is 5.40. The van der Waals surface area contributed by atoms with Gasteiger partial charge in [-0.2, -0.15) is 0 Å². The normalized spacial score (nSPS) is 10.2. The molecule has 1 N–H and O–H groups in total. The molecule has 0 spiro atoms. The van der Waals surface area contributed by atoms with Crippen LogP contribution in [0.5, 0.6) is 0 Å². The largest absolute Gasteiger partial charge is 0.459 e. The molecule has 0 radical (unpaired) electrons. The lowest BCUT2D eigenvalue weighted by atomic mass is 10.1. The average Bonchev–Trinajstić information content (AvgIpc) is 3.03. The van der Waals surface area contributed by atoms with Gasteiger partial charge in [-0.05, 0) is 41.5 Å². The van der Waals surface area contributed by atoms with Gasteiger partial charge in [0.1, 0.15) is 0 Å². The van der Waals surface area contributed by atoms with Gasteiger partial charge in [0.15, 0.2) is 5.76 Å². The van der Waals surface area contributed by atoms with E-state index in [1.807, 2.05) is 36.4 Å². The third-order valence-electron chi connectivity index (χ3n) is 2.88. The van der Waals surface area contributed by atoms with Crippen molar-refractivity contribution in [1.82, 2.24) is 4.98 Å². The van der Waals surface area contributed by atoms with Crippen LogP contribution in [0.3, 0.4) is 0 Å². The number of furan rings is 1. The van der Waals surface area contributed by atoms with Crippen LogP contribution in [0.1, 0.15) is 10.6 Å². The topological polar surface area (TPSA) is 55.1 Å². The molecule has 0 atom stereocenters. The summed E-state index contributed by atoms with van der Waals surface area (Å²) in [5.41, 5.74) is 2.81. The predicted octanol–water partition coefficient (Wildman–Crippen LogP) is 3.59. The maximum absolute atomic E-state index is 11.8. The Morgan fingerprint density at radius 1 is 1.00 bits per heavy atom. The molecule has 98 valence electrons. The minimum absolute atomic E-state index is 0.260. The lowest BCUT2D eigenvalue weighted by molar-refractivity contribution is 0.0996. The zero-order valence-electron chi connectivity index (χ0n) is 10.6. The van der Waals surface area contributed by atoms with Crippen LogP contribution in [0.4, 0.5) is 5.69 Å². The molecule has 0 saturated heterocycles. The first-order valence-electron chi connectivity index (χ1n) is 6.18. The zero-order chi connectivity index (χ0) is 13.8. The molecule has 0 fully saturated rings. The molecule has 0 unspecified atom stereocenters. The number of hydrogen-bond acceptors (Lipinski definition) is 3. The molecule has 2 aromatic heterocycles. The highest BCUT2D eigenvalue weighted by Gasteiger charge is 2.08. The maximum Gasteiger partial charge on any atom is 0.291 e. The summed E-state index contributed by atoms with van der Waals surface area (Å²) in [6.07, 6.45) is 5.01. The lowest BCUT2D eigenvalue weighted by Gasteiger charge is -2.05. The summed E-state index contributed by atoms with van der Waals surface area (Å²) < 4.78 is 5.04. The highest BCUT2D eigenvalue weighted by atomic mass is 16.3. The summed E-state index contributed by atoms with van der Waals surface area (Å²) in [4.78, 5) is 15.9. The highest BCUT2D eigenvalue weighted by Crippen LogP contribution is 2.20. The van der Waals surface area contributed by atoms with E-state index in [1.54, 1.807) is 24.5 Å². The molecule has 1 amide bonds. The summed E-state index contributed by atoms with van der Waals surface area (Å²) in [5, 5.41) is 2.77. The lowest BCUT2D eigenvalue weighted by Crippen LogP contribution is -2.10. The zero-order valence-corrected chi connectivity index (χ0v) is 10.6. The molecule has 0 aliphatic heterocycles. The van der Waals surface area contributed by atoms with E-state index in [0.29, 0.717) is 5.76 Å². The van der Waals surface area contributed by atoms with Crippen LogP contribution in [0.15, 0.2) is 71.6 Å². The summed E-state index contributed by atoms with van der Waals surface area (Å²) >= 11 is 0. The molecule has 3 aromatic rings. The number of rotatable bonds is 3. The van der Waals surface area contributed by atoms with E-state index < -0.39 is 0 Å². The number of hydrogen-bond donors (Lipinski definition) is 1. The molecule has 1 aromatic carbocycles. The van der Waals surface area contributed by atoms with E-state index in [0.717, 1.165) is 16.8 Å². The second-order valence-corrected chi connectivity index (χ2v) is 4.25. The maximum atomic E-state index is 11.8. The number of carbonyl (C=O) groups is 1. The van der Waals surface area contributed by atoms with Gasteiger partial charge in [0.05, 0.1) is 6.26 Å². The number of carbonyl (C=O) groups excluding carboxylic acids is 1. The molecular weight excluding hydrogens is 252 g/mol. The Balaban J connectivity index is 1.75. The fraction of sp³-hybridized carbons (Fsp3) is 0. The van der Waals surface area contributed by atoms with E-state index in [2.05, 4.69) is 10.3 Å². The summed E-state index contributed by atoms with van der Waals surface area (Å²) in [5.74, 6) is 0.0328. The van der Waals surface area contributed by atoms with Gasteiger partial charge in [-0.3, -0.25) is 9.78 Å². The van der Waals surface area contributed by atoms with Gasteiger partial charge in [-0.1, -0.05) is 18.2 Å². The Morgan fingerprint density at radius 2 is 1.85 bits per heavy atom. The molecule has 2 heterocycles. The number of pyridine rings is 1. The van der Waals surface area contributed by atoms with Crippen molar-refractivity contribution in [3.63, 3.8) is 0 Å². The molecular formula is C16H12N2O2. The van der Waals surface area contributed by atoms with E-state index in [4.69, 9.17) is 4.42 Å². The van der Waals surface area contributed by atoms with Gasteiger partial charge in [0, 0.05) is 18.1 Å². The van der Waals surface area contributed by atoms with Gasteiger partial charge < -0.3 is 9.73 Å². The van der Waals surface area contributed by atoms with Crippen molar-refractivity contribution in [1.29, 1.82) is 0 Å². The molecule has 0 aliphatic rings. The van der Waals surface area contributed by atoms with Crippen molar-refractivity contribution in [2.75, 3.05) is 5.32 Å². The SMILES string of the molecule is O=C(Nc1ccc(-c2cccnc2)cc1)c1ccco1. The van der Waals surface area contributed by atoms with E-state index >= 15 is 0 Å². The van der Waals surface area contributed by atoms with Crippen LogP contribution in [0.2, 0.25) is 0 Å². The average molecular weight is 264 g/mol. The van der Waals surface area contributed by atoms with Crippen molar-refractivity contribution < 1.29 is 9.21 Å². The Labute approximate surface area is 116 Å². The van der Waals surface area contributed by atoms with Crippen molar-refractivity contribution in [3.8, 4) is 11.1 Å². The molecule has 4 nitrogen and oxygen atoms in total. The third-order valence-corrected chi connectivity index (χ3v) is 2.88. The fourth-order valence-electron chi connectivity index (χ4n) is 1.88. The number of nitrogens with zero attached hydrogens (tertiary/aromatic N) is 1. The Morgan fingerprint density at radius 3 is 2.50 bits per heavy atom. The van der Waals surface area contributed by atoms with Gasteiger partial charge >= 0.3 is 0 Å². The Hall–Kier alpha value is -2.88. The van der Waals surface area contributed by atoms with Gasteiger partial charge in [0.2, 0.25) is 0 Å². The van der Waals surface area contributed by atoms with Crippen LogP contribution >= 0.6 is 0 Å². The summed E-state index contributed by atoms with van der Waals surface area (Å²) in [6.45, 7) is 0. The smallest absolute Gasteiger partial charge is 0.291 e. The fourth-order valence-corrected chi connectivity index (χ4v) is 1.88. The number of benzene rings is 1. The number of aromatic nitrogens is 1. The van der Waals surface area contributed by atoms with E-state index in [9.17, 15) is 4.79 Å². The van der Waals surface area contributed by atoms with Gasteiger partial charge in [-0.15, -0.1) is 0 Å². The van der Waals surface area contributed by atoms with E-state index in [-0.39, 0.29) is 5.91 Å². The molecule has 0 aliphatic carbocycles.